The smallest absolute Gasteiger partial charge is 0.169 e. The van der Waals surface area contributed by atoms with Gasteiger partial charge in [-0.15, -0.1) is 0 Å². The molecule has 2 heterocycles. The van der Waals surface area contributed by atoms with Crippen LogP contribution in [0.5, 0.6) is 11.5 Å². The van der Waals surface area contributed by atoms with E-state index < -0.39 is 0 Å². The lowest BCUT2D eigenvalue weighted by molar-refractivity contribution is 0.220. The lowest BCUT2D eigenvalue weighted by atomic mass is 10.1. The van der Waals surface area contributed by atoms with Crippen LogP contribution in [-0.2, 0) is 6.54 Å². The van der Waals surface area contributed by atoms with Crippen LogP contribution in [0.15, 0.2) is 30.7 Å². The van der Waals surface area contributed by atoms with Gasteiger partial charge in [0, 0.05) is 6.54 Å². The molecule has 0 amide bonds. The highest BCUT2D eigenvalue weighted by Gasteiger charge is 2.13. The predicted molar refractivity (Wildman–Crippen MR) is 66.0 cm³/mol. The topological polar surface area (TPSA) is 21.7 Å². The van der Waals surface area contributed by atoms with Gasteiger partial charge in [-0.2, -0.15) is 0 Å². The molecule has 0 aliphatic carbocycles. The van der Waals surface area contributed by atoms with E-state index in [1.54, 1.807) is 12.5 Å². The highest BCUT2D eigenvalue weighted by atomic mass is 16.5. The van der Waals surface area contributed by atoms with Crippen molar-refractivity contribution in [2.45, 2.75) is 25.8 Å². The lowest BCUT2D eigenvalue weighted by Crippen LogP contribution is -2.29. The highest BCUT2D eigenvalue weighted by molar-refractivity contribution is 5.44. The van der Waals surface area contributed by atoms with Crippen molar-refractivity contribution in [2.75, 3.05) is 13.1 Å². The first-order valence-corrected chi connectivity index (χ1v) is 6.25. The number of benzene rings is 1. The van der Waals surface area contributed by atoms with Crippen molar-refractivity contribution in [1.82, 2.24) is 4.90 Å². The van der Waals surface area contributed by atoms with Crippen LogP contribution in [0.1, 0.15) is 24.8 Å². The lowest BCUT2D eigenvalue weighted by Gasteiger charge is -2.26. The fraction of sp³-hybridized carbons (Fsp3) is 0.429. The highest BCUT2D eigenvalue weighted by Crippen LogP contribution is 2.31. The minimum atomic E-state index is 0.801. The SMILES string of the molecule is C1=COc2cc(CN3CCCCC3)ccc2O1. The van der Waals surface area contributed by atoms with Gasteiger partial charge in [0.05, 0.1) is 0 Å². The van der Waals surface area contributed by atoms with Crippen molar-refractivity contribution < 1.29 is 9.47 Å². The summed E-state index contributed by atoms with van der Waals surface area (Å²) in [4.78, 5) is 2.50. The summed E-state index contributed by atoms with van der Waals surface area (Å²) in [6.07, 6.45) is 7.17. The number of rotatable bonds is 2. The summed E-state index contributed by atoms with van der Waals surface area (Å²) in [7, 11) is 0. The molecular formula is C14H17NO2. The molecule has 1 saturated heterocycles. The van der Waals surface area contributed by atoms with Crippen LogP contribution in [0.4, 0.5) is 0 Å². The molecule has 3 rings (SSSR count). The zero-order chi connectivity index (χ0) is 11.5. The fourth-order valence-corrected chi connectivity index (χ4v) is 2.42. The van der Waals surface area contributed by atoms with Crippen LogP contribution in [0.2, 0.25) is 0 Å². The van der Waals surface area contributed by atoms with Crippen LogP contribution in [0, 0.1) is 0 Å². The predicted octanol–water partition coefficient (Wildman–Crippen LogP) is 2.91. The molecule has 1 aromatic rings. The summed E-state index contributed by atoms with van der Waals surface area (Å²) in [6.45, 7) is 3.45. The molecule has 0 aromatic heterocycles. The van der Waals surface area contributed by atoms with E-state index in [1.807, 2.05) is 6.07 Å². The van der Waals surface area contributed by atoms with Gasteiger partial charge in [0.15, 0.2) is 11.5 Å². The third kappa shape index (κ3) is 2.44. The van der Waals surface area contributed by atoms with E-state index >= 15 is 0 Å². The summed E-state index contributed by atoms with van der Waals surface area (Å²) in [5.41, 5.74) is 1.30. The fourth-order valence-electron chi connectivity index (χ4n) is 2.42. The van der Waals surface area contributed by atoms with Gasteiger partial charge in [-0.25, -0.2) is 0 Å². The number of likely N-dealkylation sites (tertiary alicyclic amines) is 1. The molecule has 0 spiro atoms. The summed E-state index contributed by atoms with van der Waals surface area (Å²) >= 11 is 0. The molecule has 0 atom stereocenters. The van der Waals surface area contributed by atoms with E-state index in [1.165, 1.54) is 37.9 Å². The van der Waals surface area contributed by atoms with Crippen LogP contribution in [0.25, 0.3) is 0 Å². The standard InChI is InChI=1S/C14H17NO2/c1-2-6-15(7-3-1)11-12-4-5-13-14(10-12)17-9-8-16-13/h4-5,8-10H,1-3,6-7,11H2. The average molecular weight is 231 g/mol. The van der Waals surface area contributed by atoms with Crippen molar-refractivity contribution in [2.24, 2.45) is 0 Å². The van der Waals surface area contributed by atoms with E-state index in [9.17, 15) is 0 Å². The normalized spacial score (nSPS) is 19.3. The Bertz CT molecular complexity index is 422. The molecule has 0 bridgehead atoms. The van der Waals surface area contributed by atoms with Crippen LogP contribution < -0.4 is 9.47 Å². The molecule has 0 radical (unpaired) electrons. The largest absolute Gasteiger partial charge is 0.458 e. The van der Waals surface area contributed by atoms with Crippen molar-refractivity contribution in [3.63, 3.8) is 0 Å². The number of fused-ring (bicyclic) bond motifs is 1. The van der Waals surface area contributed by atoms with Crippen molar-refractivity contribution >= 4 is 0 Å². The summed E-state index contributed by atoms with van der Waals surface area (Å²) in [5.74, 6) is 1.62. The van der Waals surface area contributed by atoms with Crippen molar-refractivity contribution in [1.29, 1.82) is 0 Å². The average Bonchev–Trinajstić information content (AvgIpc) is 2.40. The molecule has 3 heteroatoms. The first-order valence-electron chi connectivity index (χ1n) is 6.25. The molecular weight excluding hydrogens is 214 g/mol. The maximum atomic E-state index is 5.43. The number of nitrogens with zero attached hydrogens (tertiary/aromatic N) is 1. The van der Waals surface area contributed by atoms with Crippen molar-refractivity contribution in [3.05, 3.63) is 36.3 Å². The number of hydrogen-bond donors (Lipinski definition) is 0. The van der Waals surface area contributed by atoms with Gasteiger partial charge in [-0.3, -0.25) is 4.90 Å². The molecule has 2 aliphatic heterocycles. The molecule has 0 N–H and O–H groups in total. The van der Waals surface area contributed by atoms with E-state index in [0.29, 0.717) is 0 Å². The van der Waals surface area contributed by atoms with E-state index in [4.69, 9.17) is 9.47 Å². The van der Waals surface area contributed by atoms with Gasteiger partial charge in [0.2, 0.25) is 0 Å². The van der Waals surface area contributed by atoms with Gasteiger partial charge in [-0.05, 0) is 43.6 Å². The quantitative estimate of drug-likeness (QED) is 0.781. The molecule has 17 heavy (non-hydrogen) atoms. The van der Waals surface area contributed by atoms with Crippen LogP contribution >= 0.6 is 0 Å². The second-order valence-electron chi connectivity index (χ2n) is 4.63. The van der Waals surface area contributed by atoms with Gasteiger partial charge in [-0.1, -0.05) is 12.5 Å². The maximum Gasteiger partial charge on any atom is 0.169 e. The van der Waals surface area contributed by atoms with E-state index in [0.717, 1.165) is 18.0 Å². The Morgan fingerprint density at radius 1 is 0.941 bits per heavy atom. The summed E-state index contributed by atoms with van der Waals surface area (Å²) in [5, 5.41) is 0. The monoisotopic (exact) mass is 231 g/mol. The summed E-state index contributed by atoms with van der Waals surface area (Å²) in [6, 6.07) is 6.18. The van der Waals surface area contributed by atoms with Gasteiger partial charge in [0.25, 0.3) is 0 Å². The maximum absolute atomic E-state index is 5.43. The zero-order valence-corrected chi connectivity index (χ0v) is 9.89. The van der Waals surface area contributed by atoms with Gasteiger partial charge >= 0.3 is 0 Å². The van der Waals surface area contributed by atoms with Crippen LogP contribution in [-0.4, -0.2) is 18.0 Å². The molecule has 2 aliphatic rings. The Labute approximate surface area is 102 Å². The van der Waals surface area contributed by atoms with Gasteiger partial charge < -0.3 is 9.47 Å². The Kier molecular flexibility index (Phi) is 3.01. The molecule has 90 valence electrons. The number of hydrogen-bond acceptors (Lipinski definition) is 3. The number of piperidine rings is 1. The zero-order valence-electron chi connectivity index (χ0n) is 9.89. The molecule has 0 unspecified atom stereocenters. The van der Waals surface area contributed by atoms with E-state index in [-0.39, 0.29) is 0 Å². The second-order valence-corrected chi connectivity index (χ2v) is 4.63. The minimum Gasteiger partial charge on any atom is -0.458 e. The summed E-state index contributed by atoms with van der Waals surface area (Å²) < 4.78 is 10.8. The van der Waals surface area contributed by atoms with Crippen LogP contribution in [0.3, 0.4) is 0 Å². The Hall–Kier alpha value is -1.48. The third-order valence-electron chi connectivity index (χ3n) is 3.31. The Morgan fingerprint density at radius 3 is 2.53 bits per heavy atom. The number of ether oxygens (including phenoxy) is 2. The molecule has 3 nitrogen and oxygen atoms in total. The molecule has 1 aromatic carbocycles. The molecule has 0 saturated carbocycles. The third-order valence-corrected chi connectivity index (χ3v) is 3.31. The Balaban J connectivity index is 1.71. The Morgan fingerprint density at radius 2 is 1.71 bits per heavy atom. The first-order chi connectivity index (χ1) is 8.42. The van der Waals surface area contributed by atoms with Crippen molar-refractivity contribution in [3.8, 4) is 11.5 Å². The first kappa shape index (κ1) is 10.7. The minimum absolute atomic E-state index is 0.801. The second kappa shape index (κ2) is 4.80. The van der Waals surface area contributed by atoms with Gasteiger partial charge in [0.1, 0.15) is 12.5 Å². The molecule has 1 fully saturated rings. The van der Waals surface area contributed by atoms with E-state index in [2.05, 4.69) is 17.0 Å².